The number of aromatic amines is 1. The minimum Gasteiger partial charge on any atom is -0.465 e. The monoisotopic (exact) mass is 365 g/mol. The standard InChI is InChI=1S/C21H19NO5/c1-12-18(21(25)26-3)13(2)22-19(12)17(23)11-27-20(24)16-9-8-14-6-4-5-7-15(14)10-16/h4-10,22H,11H2,1-3H3. The van der Waals surface area contributed by atoms with Gasteiger partial charge in [-0.1, -0.05) is 30.3 Å². The SMILES string of the molecule is COC(=O)c1c(C)[nH]c(C(=O)COC(=O)c2ccc3ccccc3c2)c1C. The quantitative estimate of drug-likeness (QED) is 0.551. The zero-order chi connectivity index (χ0) is 19.6. The lowest BCUT2D eigenvalue weighted by atomic mass is 10.1. The number of ether oxygens (including phenoxy) is 2. The highest BCUT2D eigenvalue weighted by atomic mass is 16.5. The minimum absolute atomic E-state index is 0.235. The van der Waals surface area contributed by atoms with Crippen LogP contribution in [0.5, 0.6) is 0 Å². The third kappa shape index (κ3) is 3.60. The molecule has 3 rings (SSSR count). The van der Waals surface area contributed by atoms with Crippen LogP contribution in [0, 0.1) is 13.8 Å². The maximum absolute atomic E-state index is 12.4. The maximum atomic E-state index is 12.4. The molecule has 138 valence electrons. The molecule has 1 heterocycles. The number of hydrogen-bond acceptors (Lipinski definition) is 5. The molecule has 0 saturated carbocycles. The molecule has 1 aromatic heterocycles. The molecule has 6 heteroatoms. The van der Waals surface area contributed by atoms with Gasteiger partial charge < -0.3 is 14.5 Å². The van der Waals surface area contributed by atoms with Gasteiger partial charge >= 0.3 is 11.9 Å². The van der Waals surface area contributed by atoms with Crippen LogP contribution in [0.2, 0.25) is 0 Å². The number of H-pyrrole nitrogens is 1. The average Bonchev–Trinajstić information content (AvgIpc) is 2.99. The molecule has 0 radical (unpaired) electrons. The number of hydrogen-bond donors (Lipinski definition) is 1. The van der Waals surface area contributed by atoms with Gasteiger partial charge in [0.1, 0.15) is 0 Å². The number of fused-ring (bicyclic) bond motifs is 1. The summed E-state index contributed by atoms with van der Waals surface area (Å²) in [5.74, 6) is -1.52. The van der Waals surface area contributed by atoms with Crippen molar-refractivity contribution in [2.45, 2.75) is 13.8 Å². The van der Waals surface area contributed by atoms with Crippen molar-refractivity contribution < 1.29 is 23.9 Å². The van der Waals surface area contributed by atoms with E-state index in [1.807, 2.05) is 30.3 Å². The van der Waals surface area contributed by atoms with Crippen molar-refractivity contribution in [2.24, 2.45) is 0 Å². The summed E-state index contributed by atoms with van der Waals surface area (Å²) >= 11 is 0. The van der Waals surface area contributed by atoms with Crippen LogP contribution < -0.4 is 0 Å². The van der Waals surface area contributed by atoms with Gasteiger partial charge in [0.25, 0.3) is 0 Å². The number of benzene rings is 2. The van der Waals surface area contributed by atoms with E-state index in [1.54, 1.807) is 26.0 Å². The Balaban J connectivity index is 1.73. The molecule has 3 aromatic rings. The molecule has 1 N–H and O–H groups in total. The fourth-order valence-corrected chi connectivity index (χ4v) is 3.04. The Morgan fingerprint density at radius 1 is 0.963 bits per heavy atom. The topological polar surface area (TPSA) is 85.5 Å². The number of nitrogens with one attached hydrogen (secondary N) is 1. The normalized spacial score (nSPS) is 10.6. The van der Waals surface area contributed by atoms with E-state index in [9.17, 15) is 14.4 Å². The maximum Gasteiger partial charge on any atom is 0.339 e. The molecule has 0 fully saturated rings. The summed E-state index contributed by atoms with van der Waals surface area (Å²) in [5.41, 5.74) is 1.94. The molecule has 2 aromatic carbocycles. The second-order valence-corrected chi connectivity index (χ2v) is 6.18. The molecule has 0 saturated heterocycles. The molecule has 6 nitrogen and oxygen atoms in total. The highest BCUT2D eigenvalue weighted by molar-refractivity contribution is 6.03. The Morgan fingerprint density at radius 2 is 1.67 bits per heavy atom. The van der Waals surface area contributed by atoms with E-state index >= 15 is 0 Å². The molecule has 0 aliphatic rings. The molecule has 0 spiro atoms. The van der Waals surface area contributed by atoms with E-state index in [4.69, 9.17) is 9.47 Å². The number of methoxy groups -OCH3 is 1. The minimum atomic E-state index is -0.580. The molecule has 0 atom stereocenters. The number of rotatable bonds is 5. The van der Waals surface area contributed by atoms with Gasteiger partial charge in [0, 0.05) is 5.69 Å². The highest BCUT2D eigenvalue weighted by Gasteiger charge is 2.23. The van der Waals surface area contributed by atoms with Crippen molar-refractivity contribution in [1.82, 2.24) is 4.98 Å². The van der Waals surface area contributed by atoms with E-state index in [0.29, 0.717) is 22.4 Å². The highest BCUT2D eigenvalue weighted by Crippen LogP contribution is 2.20. The van der Waals surface area contributed by atoms with E-state index in [2.05, 4.69) is 4.98 Å². The average molecular weight is 365 g/mol. The van der Waals surface area contributed by atoms with Gasteiger partial charge in [0.05, 0.1) is 23.9 Å². The molecule has 0 aliphatic carbocycles. The van der Waals surface area contributed by atoms with Crippen LogP contribution in [-0.4, -0.2) is 36.4 Å². The fraction of sp³-hybridized carbons (Fsp3) is 0.190. The zero-order valence-electron chi connectivity index (χ0n) is 15.3. The Labute approximate surface area is 156 Å². The summed E-state index contributed by atoms with van der Waals surface area (Å²) in [6, 6.07) is 12.9. The smallest absolute Gasteiger partial charge is 0.339 e. The molecule has 0 amide bonds. The Hall–Kier alpha value is -3.41. The first-order valence-electron chi connectivity index (χ1n) is 8.39. The van der Waals surface area contributed by atoms with E-state index in [0.717, 1.165) is 10.8 Å². The number of esters is 2. The lowest BCUT2D eigenvalue weighted by Crippen LogP contribution is -2.15. The third-order valence-corrected chi connectivity index (χ3v) is 4.43. The van der Waals surface area contributed by atoms with Gasteiger partial charge in [0.2, 0.25) is 5.78 Å². The number of carbonyl (C=O) groups is 3. The van der Waals surface area contributed by atoms with Crippen LogP contribution in [0.1, 0.15) is 42.5 Å². The molecule has 0 aliphatic heterocycles. The van der Waals surface area contributed by atoms with E-state index in [1.165, 1.54) is 7.11 Å². The zero-order valence-corrected chi connectivity index (χ0v) is 15.3. The predicted molar refractivity (Wildman–Crippen MR) is 100 cm³/mol. The second kappa shape index (κ2) is 7.45. The Bertz CT molecular complexity index is 1050. The molecule has 0 bridgehead atoms. The Morgan fingerprint density at radius 3 is 2.37 bits per heavy atom. The number of Topliss-reactive ketones (excluding diaryl/α,β-unsaturated/α-hetero) is 1. The number of carbonyl (C=O) groups excluding carboxylic acids is 3. The van der Waals surface area contributed by atoms with Crippen LogP contribution >= 0.6 is 0 Å². The van der Waals surface area contributed by atoms with Crippen LogP contribution in [0.3, 0.4) is 0 Å². The van der Waals surface area contributed by atoms with Crippen molar-refractivity contribution >= 4 is 28.5 Å². The van der Waals surface area contributed by atoms with Gasteiger partial charge in [-0.2, -0.15) is 0 Å². The fourth-order valence-electron chi connectivity index (χ4n) is 3.04. The van der Waals surface area contributed by atoms with Gasteiger partial charge in [0.15, 0.2) is 6.61 Å². The second-order valence-electron chi connectivity index (χ2n) is 6.18. The van der Waals surface area contributed by atoms with E-state index < -0.39 is 24.3 Å². The van der Waals surface area contributed by atoms with Gasteiger partial charge in [-0.25, -0.2) is 9.59 Å². The lowest BCUT2D eigenvalue weighted by molar-refractivity contribution is 0.0473. The van der Waals surface area contributed by atoms with Crippen molar-refractivity contribution in [2.75, 3.05) is 13.7 Å². The summed E-state index contributed by atoms with van der Waals surface area (Å²) in [5, 5.41) is 1.93. The first-order chi connectivity index (χ1) is 12.9. The number of aryl methyl sites for hydroxylation is 1. The Kier molecular flexibility index (Phi) is 5.07. The first-order valence-corrected chi connectivity index (χ1v) is 8.39. The summed E-state index contributed by atoms with van der Waals surface area (Å²) in [6.45, 7) is 2.90. The number of aromatic nitrogens is 1. The first kappa shape index (κ1) is 18.4. The van der Waals surface area contributed by atoms with Crippen molar-refractivity contribution in [3.8, 4) is 0 Å². The summed E-state index contributed by atoms with van der Waals surface area (Å²) in [7, 11) is 1.28. The summed E-state index contributed by atoms with van der Waals surface area (Å²) in [6.07, 6.45) is 0. The van der Waals surface area contributed by atoms with Crippen molar-refractivity contribution in [3.63, 3.8) is 0 Å². The van der Waals surface area contributed by atoms with Crippen LogP contribution in [0.25, 0.3) is 10.8 Å². The van der Waals surface area contributed by atoms with Gasteiger partial charge in [-0.3, -0.25) is 4.79 Å². The largest absolute Gasteiger partial charge is 0.465 e. The van der Waals surface area contributed by atoms with E-state index in [-0.39, 0.29) is 5.69 Å². The third-order valence-electron chi connectivity index (χ3n) is 4.43. The summed E-state index contributed by atoms with van der Waals surface area (Å²) in [4.78, 5) is 39.4. The summed E-state index contributed by atoms with van der Waals surface area (Å²) < 4.78 is 9.89. The van der Waals surface area contributed by atoms with Crippen LogP contribution in [-0.2, 0) is 9.47 Å². The van der Waals surface area contributed by atoms with Crippen molar-refractivity contribution in [3.05, 3.63) is 70.5 Å². The molecule has 0 unspecified atom stereocenters. The van der Waals surface area contributed by atoms with Crippen LogP contribution in [0.15, 0.2) is 42.5 Å². The lowest BCUT2D eigenvalue weighted by Gasteiger charge is -2.06. The van der Waals surface area contributed by atoms with Gasteiger partial charge in [-0.05, 0) is 42.3 Å². The molecular formula is C21H19NO5. The van der Waals surface area contributed by atoms with Gasteiger partial charge in [-0.15, -0.1) is 0 Å². The van der Waals surface area contributed by atoms with Crippen LogP contribution in [0.4, 0.5) is 0 Å². The molecular weight excluding hydrogens is 346 g/mol. The predicted octanol–water partition coefficient (Wildman–Crippen LogP) is 3.61. The number of ketones is 1. The molecule has 27 heavy (non-hydrogen) atoms. The van der Waals surface area contributed by atoms with Crippen molar-refractivity contribution in [1.29, 1.82) is 0 Å².